The Morgan fingerprint density at radius 1 is 1.14 bits per heavy atom. The van der Waals surface area contributed by atoms with Crippen LogP contribution in [-0.4, -0.2) is 36.0 Å². The van der Waals surface area contributed by atoms with Crippen molar-refractivity contribution < 1.29 is 23.1 Å². The van der Waals surface area contributed by atoms with Crippen molar-refractivity contribution in [3.8, 4) is 5.75 Å². The molecule has 0 radical (unpaired) electrons. The molecule has 2 aromatic rings. The fourth-order valence-corrected chi connectivity index (χ4v) is 3.19. The molecule has 0 spiro atoms. The second-order valence-corrected chi connectivity index (χ2v) is 7.81. The van der Waals surface area contributed by atoms with E-state index in [0.29, 0.717) is 5.69 Å². The van der Waals surface area contributed by atoms with Gasteiger partial charge in [0.05, 0.1) is 17.5 Å². The van der Waals surface area contributed by atoms with Crippen LogP contribution in [0.15, 0.2) is 46.9 Å². The normalized spacial score (nSPS) is 11.6. The molecular formula is C19H19BrF2N2O3S. The Balaban J connectivity index is 1.65. The van der Waals surface area contributed by atoms with Gasteiger partial charge in [0.1, 0.15) is 12.4 Å². The molecule has 1 unspecified atom stereocenters. The average molecular weight is 473 g/mol. The summed E-state index contributed by atoms with van der Waals surface area (Å²) in [5.41, 5.74) is 0.670. The van der Waals surface area contributed by atoms with Crippen molar-refractivity contribution in [3.05, 3.63) is 58.6 Å². The minimum atomic E-state index is -0.800. The van der Waals surface area contributed by atoms with Gasteiger partial charge < -0.3 is 15.4 Å². The van der Waals surface area contributed by atoms with Crippen molar-refractivity contribution in [3.63, 3.8) is 0 Å². The van der Waals surface area contributed by atoms with E-state index in [1.807, 2.05) is 12.1 Å². The number of anilines is 1. The van der Waals surface area contributed by atoms with Gasteiger partial charge in [0.25, 0.3) is 0 Å². The van der Waals surface area contributed by atoms with E-state index >= 15 is 0 Å². The molecule has 0 saturated heterocycles. The fourth-order valence-electron chi connectivity index (χ4n) is 2.16. The first-order valence-electron chi connectivity index (χ1n) is 8.34. The first-order chi connectivity index (χ1) is 13.3. The molecule has 2 N–H and O–H groups in total. The smallest absolute Gasteiger partial charge is 0.234 e. The van der Waals surface area contributed by atoms with E-state index in [1.54, 1.807) is 19.1 Å². The molecule has 0 aliphatic carbocycles. The number of ether oxygens (including phenoxy) is 1. The second kappa shape index (κ2) is 11.0. The third kappa shape index (κ3) is 7.85. The molecule has 0 fully saturated rings. The summed E-state index contributed by atoms with van der Waals surface area (Å²) >= 11 is 4.50. The zero-order valence-corrected chi connectivity index (χ0v) is 17.4. The van der Waals surface area contributed by atoms with E-state index in [0.717, 1.165) is 16.6 Å². The van der Waals surface area contributed by atoms with Crippen LogP contribution in [0.2, 0.25) is 0 Å². The molecule has 150 valence electrons. The maximum Gasteiger partial charge on any atom is 0.234 e. The highest BCUT2D eigenvalue weighted by Crippen LogP contribution is 2.18. The number of rotatable bonds is 9. The Hall–Kier alpha value is -2.13. The Morgan fingerprint density at radius 3 is 2.61 bits per heavy atom. The highest BCUT2D eigenvalue weighted by atomic mass is 79.9. The van der Waals surface area contributed by atoms with Crippen molar-refractivity contribution in [2.75, 3.05) is 23.4 Å². The first kappa shape index (κ1) is 22.2. The van der Waals surface area contributed by atoms with Crippen LogP contribution in [0.3, 0.4) is 0 Å². The number of hydrogen-bond acceptors (Lipinski definition) is 4. The van der Waals surface area contributed by atoms with Gasteiger partial charge in [0.2, 0.25) is 11.8 Å². The van der Waals surface area contributed by atoms with Crippen molar-refractivity contribution in [1.29, 1.82) is 0 Å². The molecule has 0 bridgehead atoms. The Kier molecular flexibility index (Phi) is 8.72. The topological polar surface area (TPSA) is 67.4 Å². The van der Waals surface area contributed by atoms with Gasteiger partial charge in [0.15, 0.2) is 11.6 Å². The molecule has 1 atom stereocenters. The minimum absolute atomic E-state index is 0.0301. The molecule has 0 aromatic heterocycles. The fraction of sp³-hybridized carbons (Fsp3) is 0.263. The predicted molar refractivity (Wildman–Crippen MR) is 110 cm³/mol. The quantitative estimate of drug-likeness (QED) is 0.579. The Labute approximate surface area is 174 Å². The van der Waals surface area contributed by atoms with Crippen LogP contribution in [0.25, 0.3) is 0 Å². The summed E-state index contributed by atoms with van der Waals surface area (Å²) in [4.78, 5) is 23.8. The number of hydrogen-bond donors (Lipinski definition) is 2. The molecule has 0 heterocycles. The number of benzene rings is 2. The van der Waals surface area contributed by atoms with E-state index in [2.05, 4.69) is 26.6 Å². The highest BCUT2D eigenvalue weighted by Gasteiger charge is 2.12. The lowest BCUT2D eigenvalue weighted by Crippen LogP contribution is -2.38. The van der Waals surface area contributed by atoms with Crippen molar-refractivity contribution in [2.24, 2.45) is 0 Å². The van der Waals surface area contributed by atoms with E-state index in [4.69, 9.17) is 4.74 Å². The number of amides is 2. The summed E-state index contributed by atoms with van der Waals surface area (Å²) in [6.45, 7) is 1.73. The third-order valence-electron chi connectivity index (χ3n) is 3.36. The summed E-state index contributed by atoms with van der Waals surface area (Å²) in [6, 6.07) is 9.84. The standard InChI is InChI=1S/C19H19BrF2N2O3S/c1-12(9-27-17-6-5-14(21)8-16(17)22)23-18(25)10-28-11-19(26)24-15-4-2-3-13(20)7-15/h2-8,12H,9-11H2,1H3,(H,23,25)(H,24,26). The van der Waals surface area contributed by atoms with Crippen LogP contribution in [0.4, 0.5) is 14.5 Å². The van der Waals surface area contributed by atoms with Crippen LogP contribution in [0.1, 0.15) is 6.92 Å². The molecule has 0 saturated carbocycles. The SMILES string of the molecule is CC(COc1ccc(F)cc1F)NC(=O)CSCC(=O)Nc1cccc(Br)c1. The van der Waals surface area contributed by atoms with Gasteiger partial charge in [-0.25, -0.2) is 8.78 Å². The van der Waals surface area contributed by atoms with Gasteiger partial charge in [-0.05, 0) is 37.3 Å². The van der Waals surface area contributed by atoms with E-state index < -0.39 is 11.6 Å². The molecular weight excluding hydrogens is 454 g/mol. The summed E-state index contributed by atoms with van der Waals surface area (Å²) < 4.78 is 32.4. The molecule has 9 heteroatoms. The van der Waals surface area contributed by atoms with Crippen LogP contribution in [0, 0.1) is 11.6 Å². The molecule has 0 aliphatic heterocycles. The largest absolute Gasteiger partial charge is 0.488 e. The molecule has 0 aliphatic rings. The number of halogens is 3. The highest BCUT2D eigenvalue weighted by molar-refractivity contribution is 9.10. The van der Waals surface area contributed by atoms with E-state index in [9.17, 15) is 18.4 Å². The Bertz CT molecular complexity index is 839. The van der Waals surface area contributed by atoms with Crippen LogP contribution in [-0.2, 0) is 9.59 Å². The van der Waals surface area contributed by atoms with Gasteiger partial charge in [-0.2, -0.15) is 0 Å². The summed E-state index contributed by atoms with van der Waals surface area (Å²) in [6.07, 6.45) is 0. The lowest BCUT2D eigenvalue weighted by atomic mass is 10.3. The second-order valence-electron chi connectivity index (χ2n) is 5.91. The van der Waals surface area contributed by atoms with Crippen molar-refractivity contribution >= 4 is 45.2 Å². The minimum Gasteiger partial charge on any atom is -0.488 e. The molecule has 2 amide bonds. The Morgan fingerprint density at radius 2 is 1.89 bits per heavy atom. The summed E-state index contributed by atoms with van der Waals surface area (Å²) in [7, 11) is 0. The maximum absolute atomic E-state index is 13.5. The lowest BCUT2D eigenvalue weighted by molar-refractivity contribution is -0.119. The predicted octanol–water partition coefficient (Wildman–Crippen LogP) is 3.98. The van der Waals surface area contributed by atoms with Crippen LogP contribution >= 0.6 is 27.7 Å². The molecule has 2 rings (SSSR count). The van der Waals surface area contributed by atoms with Gasteiger partial charge in [-0.1, -0.05) is 22.0 Å². The third-order valence-corrected chi connectivity index (χ3v) is 4.79. The molecule has 5 nitrogen and oxygen atoms in total. The van der Waals surface area contributed by atoms with E-state index in [-0.39, 0.29) is 41.7 Å². The lowest BCUT2D eigenvalue weighted by Gasteiger charge is -2.15. The zero-order chi connectivity index (χ0) is 20.5. The summed E-state index contributed by atoms with van der Waals surface area (Å²) in [5.74, 6) is -1.82. The number of thioether (sulfide) groups is 1. The maximum atomic E-state index is 13.5. The zero-order valence-electron chi connectivity index (χ0n) is 15.0. The number of carbonyl (C=O) groups excluding carboxylic acids is 2. The molecule has 2 aromatic carbocycles. The van der Waals surface area contributed by atoms with Gasteiger partial charge in [0, 0.05) is 16.2 Å². The number of nitrogens with one attached hydrogen (secondary N) is 2. The van der Waals surface area contributed by atoms with Crippen molar-refractivity contribution in [2.45, 2.75) is 13.0 Å². The van der Waals surface area contributed by atoms with Crippen molar-refractivity contribution in [1.82, 2.24) is 5.32 Å². The monoisotopic (exact) mass is 472 g/mol. The van der Waals surface area contributed by atoms with Gasteiger partial charge in [-0.3, -0.25) is 9.59 Å². The van der Waals surface area contributed by atoms with E-state index in [1.165, 1.54) is 17.8 Å². The van der Waals surface area contributed by atoms with Gasteiger partial charge in [-0.15, -0.1) is 11.8 Å². The first-order valence-corrected chi connectivity index (χ1v) is 10.3. The van der Waals surface area contributed by atoms with Gasteiger partial charge >= 0.3 is 0 Å². The number of carbonyl (C=O) groups is 2. The van der Waals surface area contributed by atoms with Crippen LogP contribution in [0.5, 0.6) is 5.75 Å². The summed E-state index contributed by atoms with van der Waals surface area (Å²) in [5, 5.41) is 5.43. The average Bonchev–Trinajstić information content (AvgIpc) is 2.61. The molecule has 28 heavy (non-hydrogen) atoms. The van der Waals surface area contributed by atoms with Crippen LogP contribution < -0.4 is 15.4 Å².